The summed E-state index contributed by atoms with van der Waals surface area (Å²) in [4.78, 5) is 109. The number of nitro groups is 2. The average molecular weight is 1110 g/mol. The number of carbonyl (C=O) groups is 6. The van der Waals surface area contributed by atoms with E-state index >= 15 is 8.78 Å². The molecule has 3 aromatic rings. The molecule has 4 aliphatic rings. The largest absolute Gasteiger partial charge is 0.465 e. The van der Waals surface area contributed by atoms with Gasteiger partial charge < -0.3 is 60.2 Å². The first-order valence-electron chi connectivity index (χ1n) is 25.7. The number of halogens is 2. The molecular formula is C51H66F2N10O14Si. The first kappa shape index (κ1) is 58.2. The van der Waals surface area contributed by atoms with Gasteiger partial charge in [0.1, 0.15) is 41.2 Å². The fourth-order valence-electron chi connectivity index (χ4n) is 10.9. The van der Waals surface area contributed by atoms with Gasteiger partial charge in [-0.2, -0.15) is 0 Å². The van der Waals surface area contributed by atoms with Gasteiger partial charge in [-0.15, -0.1) is 0 Å². The van der Waals surface area contributed by atoms with Crippen molar-refractivity contribution in [2.75, 3.05) is 67.9 Å². The van der Waals surface area contributed by atoms with Crippen molar-refractivity contribution in [3.05, 3.63) is 91.5 Å². The molecule has 4 fully saturated rings. The summed E-state index contributed by atoms with van der Waals surface area (Å²) in [5.41, 5.74) is -1.10. The van der Waals surface area contributed by atoms with E-state index in [0.29, 0.717) is 37.1 Å². The van der Waals surface area contributed by atoms with Gasteiger partial charge in [0.2, 0.25) is 23.6 Å². The zero-order chi connectivity index (χ0) is 56.9. The fourth-order valence-corrected chi connectivity index (χ4v) is 12.9. The number of likely N-dealkylation sites (tertiary alicyclic amines) is 2. The zero-order valence-electron chi connectivity index (χ0n) is 44.4. The smallest absolute Gasteiger partial charge is 0.407 e. The normalized spacial score (nSPS) is 21.5. The van der Waals surface area contributed by atoms with Gasteiger partial charge in [-0.3, -0.25) is 39.4 Å². The van der Waals surface area contributed by atoms with Gasteiger partial charge in [0.15, 0.2) is 11.6 Å². The standard InChI is InChI=1S/C51H66F2N10O14Si/c1-28(75-3)43(56-50(68)69)48(66)59-18-8-10-39(59)46(64)54-35-14-12-30(24-41(35)62(71)72)37-16-17-38(61(37)32-26-33(52)45(34(53)27-32)58-20-22-78(6,7)23-21-58)31-13-15-36(42(25-31)63(73)74)55-47(65)40-11-9-19-60(40)49(67)44(29(2)76-4)57-51(70)77-5/h12-15,24-29,37-40,43-44,56H,8-11,16-23H2,1-7H3,(H,54,64)(H,55,65)(H,57,70)(H,68,69)/t28-,29-,37+,38+,39+,40+,43+,44+/m1/s1. The number of benzene rings is 3. The number of carboxylic acid groups (broad SMARTS) is 1. The number of hydrogen-bond acceptors (Lipinski definition) is 15. The van der Waals surface area contributed by atoms with Crippen LogP contribution in [0.4, 0.5) is 52.5 Å². The van der Waals surface area contributed by atoms with Crippen LogP contribution >= 0.6 is 0 Å². The maximum absolute atomic E-state index is 16.6. The van der Waals surface area contributed by atoms with Crippen molar-refractivity contribution in [1.82, 2.24) is 20.4 Å². The Morgan fingerprint density at radius 3 is 1.51 bits per heavy atom. The van der Waals surface area contributed by atoms with Crippen LogP contribution in [0.25, 0.3) is 0 Å². The molecule has 422 valence electrons. The van der Waals surface area contributed by atoms with Crippen LogP contribution < -0.4 is 31.1 Å². The van der Waals surface area contributed by atoms with Crippen molar-refractivity contribution in [3.8, 4) is 0 Å². The lowest BCUT2D eigenvalue weighted by Crippen LogP contribution is -2.56. The van der Waals surface area contributed by atoms with Crippen molar-refractivity contribution in [3.63, 3.8) is 0 Å². The lowest BCUT2D eigenvalue weighted by atomic mass is 10.0. The molecule has 3 aromatic carbocycles. The Balaban J connectivity index is 1.21. The fraction of sp³-hybridized carbons (Fsp3) is 0.529. The van der Waals surface area contributed by atoms with E-state index in [2.05, 4.69) is 39.1 Å². The Morgan fingerprint density at radius 2 is 1.12 bits per heavy atom. The number of anilines is 4. The van der Waals surface area contributed by atoms with E-state index in [1.807, 2.05) is 0 Å². The summed E-state index contributed by atoms with van der Waals surface area (Å²) < 4.78 is 48.3. The minimum Gasteiger partial charge on any atom is -0.465 e. The molecular weight excluding hydrogens is 1040 g/mol. The van der Waals surface area contributed by atoms with E-state index in [0.717, 1.165) is 19.2 Å². The third-order valence-electron chi connectivity index (χ3n) is 15.5. The van der Waals surface area contributed by atoms with E-state index in [-0.39, 0.29) is 61.5 Å². The second-order valence-corrected chi connectivity index (χ2v) is 26.1. The number of nitrogens with one attached hydrogen (secondary N) is 4. The molecule has 0 aromatic heterocycles. The molecule has 24 nitrogen and oxygen atoms in total. The lowest BCUT2D eigenvalue weighted by Gasteiger charge is -2.38. The van der Waals surface area contributed by atoms with Gasteiger partial charge >= 0.3 is 12.2 Å². The summed E-state index contributed by atoms with van der Waals surface area (Å²) in [5.74, 6) is -4.56. The molecule has 6 amide bonds. The second-order valence-electron chi connectivity index (χ2n) is 20.8. The quantitative estimate of drug-likeness (QED) is 0.0504. The van der Waals surface area contributed by atoms with Gasteiger partial charge in [-0.25, -0.2) is 18.4 Å². The molecule has 0 bridgehead atoms. The van der Waals surface area contributed by atoms with E-state index in [1.54, 1.807) is 16.7 Å². The molecule has 7 rings (SSSR count). The molecule has 0 radical (unpaired) electrons. The van der Waals surface area contributed by atoms with Crippen LogP contribution in [0.1, 0.15) is 75.6 Å². The molecule has 0 unspecified atom stereocenters. The van der Waals surface area contributed by atoms with Crippen molar-refractivity contribution in [2.24, 2.45) is 0 Å². The van der Waals surface area contributed by atoms with E-state index in [9.17, 15) is 54.1 Å². The molecule has 78 heavy (non-hydrogen) atoms. The molecule has 0 aliphatic carbocycles. The molecule has 4 heterocycles. The Hall–Kier alpha value is -7.52. The Morgan fingerprint density at radius 1 is 0.679 bits per heavy atom. The predicted octanol–water partition coefficient (Wildman–Crippen LogP) is 6.68. The number of alkyl carbamates (subject to hydrolysis) is 1. The Labute approximate surface area is 449 Å². The van der Waals surface area contributed by atoms with Crippen molar-refractivity contribution >= 4 is 78.0 Å². The van der Waals surface area contributed by atoms with Crippen LogP contribution in [0.5, 0.6) is 0 Å². The number of methoxy groups -OCH3 is 3. The highest BCUT2D eigenvalue weighted by Gasteiger charge is 2.44. The average Bonchev–Trinajstić information content (AvgIpc) is 4.26. The zero-order valence-corrected chi connectivity index (χ0v) is 45.4. The maximum Gasteiger partial charge on any atom is 0.407 e. The van der Waals surface area contributed by atoms with Crippen LogP contribution in [0.2, 0.25) is 25.2 Å². The first-order valence-corrected chi connectivity index (χ1v) is 29.1. The van der Waals surface area contributed by atoms with Gasteiger partial charge in [0, 0.05) is 58.2 Å². The summed E-state index contributed by atoms with van der Waals surface area (Å²) in [5, 5.41) is 44.9. The second kappa shape index (κ2) is 24.4. The van der Waals surface area contributed by atoms with Gasteiger partial charge in [0.05, 0.1) is 49.3 Å². The molecule has 4 saturated heterocycles. The van der Waals surface area contributed by atoms with Crippen molar-refractivity contribution < 1.29 is 66.7 Å². The molecule has 5 N–H and O–H groups in total. The highest BCUT2D eigenvalue weighted by molar-refractivity contribution is 6.77. The summed E-state index contributed by atoms with van der Waals surface area (Å²) >= 11 is 0. The lowest BCUT2D eigenvalue weighted by molar-refractivity contribution is -0.384. The highest BCUT2D eigenvalue weighted by Crippen LogP contribution is 2.50. The predicted molar refractivity (Wildman–Crippen MR) is 283 cm³/mol. The molecule has 27 heteroatoms. The number of amides is 6. The first-order chi connectivity index (χ1) is 37.0. The van der Waals surface area contributed by atoms with Crippen LogP contribution in [0.15, 0.2) is 48.5 Å². The van der Waals surface area contributed by atoms with Crippen LogP contribution in [0.3, 0.4) is 0 Å². The Bertz CT molecular complexity index is 2800. The van der Waals surface area contributed by atoms with E-state index in [4.69, 9.17) is 9.47 Å². The van der Waals surface area contributed by atoms with Crippen molar-refractivity contribution in [1.29, 1.82) is 0 Å². The van der Waals surface area contributed by atoms with Crippen LogP contribution in [-0.2, 0) is 33.4 Å². The number of hydrogen-bond donors (Lipinski definition) is 5. The third-order valence-corrected chi connectivity index (χ3v) is 18.6. The third kappa shape index (κ3) is 12.6. The van der Waals surface area contributed by atoms with Gasteiger partial charge in [0.25, 0.3) is 11.4 Å². The monoisotopic (exact) mass is 1110 g/mol. The maximum atomic E-state index is 16.6. The summed E-state index contributed by atoms with van der Waals surface area (Å²) in [6.07, 6.45) is -2.55. The number of ether oxygens (including phenoxy) is 3. The molecule has 4 aliphatic heterocycles. The number of rotatable bonds is 18. The van der Waals surface area contributed by atoms with Crippen molar-refractivity contribution in [2.45, 2.75) is 126 Å². The van der Waals surface area contributed by atoms with Gasteiger partial charge in [-0.1, -0.05) is 25.2 Å². The summed E-state index contributed by atoms with van der Waals surface area (Å²) in [6, 6.07) is 5.62. The van der Waals surface area contributed by atoms with Crippen LogP contribution in [0, 0.1) is 31.9 Å². The van der Waals surface area contributed by atoms with E-state index < -0.39 is 125 Å². The number of nitrogens with zero attached hydrogens (tertiary/aromatic N) is 6. The van der Waals surface area contributed by atoms with Crippen LogP contribution in [-0.4, -0.2) is 153 Å². The minimum atomic E-state index is -1.55. The number of nitro benzene ring substituents is 2. The highest BCUT2D eigenvalue weighted by atomic mass is 28.3. The molecule has 0 saturated carbocycles. The summed E-state index contributed by atoms with van der Waals surface area (Å²) in [6.45, 7) is 8.63. The van der Waals surface area contributed by atoms with Gasteiger partial charge in [-0.05, 0) is 99.9 Å². The molecule has 0 spiro atoms. The minimum absolute atomic E-state index is 0.0336. The van der Waals surface area contributed by atoms with E-state index in [1.165, 1.54) is 79.5 Å². The summed E-state index contributed by atoms with van der Waals surface area (Å²) in [7, 11) is 2.21. The Kier molecular flexibility index (Phi) is 18.2. The number of carbonyl (C=O) groups excluding carboxylic acids is 5. The molecule has 8 atom stereocenters. The SMILES string of the molecule is COC(=O)N[C@H](C(=O)N1CCC[C@H]1C(=O)Nc1ccc([C@@H]2CC[C@@H](c3ccc(NC(=O)[C@@H]4CCCN4C(=O)[C@@H](NC(=O)O)[C@@H](C)OC)c([N+](=O)[O-])c3)N2c2cc(F)c(N3CC[Si](C)(C)CC3)c(F)c2)cc1[N+](=O)[O-])[C@@H](C)OC. The topological polar surface area (TPSA) is 298 Å².